The van der Waals surface area contributed by atoms with Gasteiger partial charge in [0.15, 0.2) is 0 Å². The number of piperazine rings is 1. The zero-order chi connectivity index (χ0) is 20.6. The molecule has 1 aromatic rings. The van der Waals surface area contributed by atoms with Crippen LogP contribution in [0.3, 0.4) is 0 Å². The fourth-order valence-corrected chi connectivity index (χ4v) is 4.00. The van der Waals surface area contributed by atoms with E-state index < -0.39 is 0 Å². The van der Waals surface area contributed by atoms with Crippen molar-refractivity contribution in [1.82, 2.24) is 20.0 Å². The lowest BCUT2D eigenvalue weighted by Gasteiger charge is -2.37. The van der Waals surface area contributed by atoms with Crippen molar-refractivity contribution in [1.29, 1.82) is 0 Å². The molecular formula is C22H34N4O3. The normalized spacial score (nSPS) is 19.2. The molecule has 7 heteroatoms. The maximum atomic E-state index is 12.5. The first-order chi connectivity index (χ1) is 14.1. The van der Waals surface area contributed by atoms with Crippen LogP contribution in [0.15, 0.2) is 24.3 Å². The maximum absolute atomic E-state index is 12.5. The molecule has 7 nitrogen and oxygen atoms in total. The molecule has 0 radical (unpaired) electrons. The van der Waals surface area contributed by atoms with Gasteiger partial charge in [-0.25, -0.2) is 0 Å². The van der Waals surface area contributed by atoms with E-state index in [2.05, 4.69) is 15.1 Å². The lowest BCUT2D eigenvalue weighted by molar-refractivity contribution is -0.133. The highest BCUT2D eigenvalue weighted by atomic mass is 16.5. The van der Waals surface area contributed by atoms with Crippen molar-refractivity contribution in [2.75, 3.05) is 59.5 Å². The van der Waals surface area contributed by atoms with E-state index in [1.54, 1.807) is 7.11 Å². The first-order valence-electron chi connectivity index (χ1n) is 10.7. The number of methoxy groups -OCH3 is 1. The summed E-state index contributed by atoms with van der Waals surface area (Å²) in [6.45, 7) is 8.23. The van der Waals surface area contributed by atoms with Crippen LogP contribution in [-0.4, -0.2) is 92.0 Å². The van der Waals surface area contributed by atoms with Crippen molar-refractivity contribution in [3.05, 3.63) is 29.8 Å². The fraction of sp³-hybridized carbons (Fsp3) is 0.636. The van der Waals surface area contributed by atoms with Gasteiger partial charge in [-0.3, -0.25) is 19.4 Å². The van der Waals surface area contributed by atoms with E-state index in [1.165, 1.54) is 5.56 Å². The summed E-state index contributed by atoms with van der Waals surface area (Å²) >= 11 is 0. The van der Waals surface area contributed by atoms with Crippen molar-refractivity contribution >= 4 is 11.8 Å². The Morgan fingerprint density at radius 3 is 2.31 bits per heavy atom. The largest absolute Gasteiger partial charge is 0.497 e. The Morgan fingerprint density at radius 2 is 1.69 bits per heavy atom. The van der Waals surface area contributed by atoms with E-state index in [0.29, 0.717) is 13.1 Å². The molecule has 2 saturated heterocycles. The molecule has 1 unspecified atom stereocenters. The molecule has 3 rings (SSSR count). The van der Waals surface area contributed by atoms with Gasteiger partial charge in [-0.05, 0) is 43.9 Å². The Bertz CT molecular complexity index is 665. The van der Waals surface area contributed by atoms with Gasteiger partial charge in [0.1, 0.15) is 5.75 Å². The average Bonchev–Trinajstić information content (AvgIpc) is 3.29. The summed E-state index contributed by atoms with van der Waals surface area (Å²) in [5.74, 6) is 1.16. The summed E-state index contributed by atoms with van der Waals surface area (Å²) in [5.41, 5.74) is 1.18. The number of amides is 2. The number of hydrogen-bond acceptors (Lipinski definition) is 5. The predicted octanol–water partition coefficient (Wildman–Crippen LogP) is 0.982. The Labute approximate surface area is 174 Å². The number of rotatable bonds is 8. The third-order valence-electron chi connectivity index (χ3n) is 6.02. The monoisotopic (exact) mass is 402 g/mol. The molecule has 1 atom stereocenters. The van der Waals surface area contributed by atoms with E-state index in [9.17, 15) is 9.59 Å². The predicted molar refractivity (Wildman–Crippen MR) is 113 cm³/mol. The van der Waals surface area contributed by atoms with Crippen LogP contribution in [0.25, 0.3) is 0 Å². The average molecular weight is 403 g/mol. The van der Waals surface area contributed by atoms with Gasteiger partial charge in [-0.15, -0.1) is 0 Å². The van der Waals surface area contributed by atoms with E-state index in [1.807, 2.05) is 36.1 Å². The van der Waals surface area contributed by atoms with Crippen LogP contribution in [0.4, 0.5) is 0 Å². The summed E-state index contributed by atoms with van der Waals surface area (Å²) < 4.78 is 5.17. The lowest BCUT2D eigenvalue weighted by atomic mass is 10.1. The van der Waals surface area contributed by atoms with Gasteiger partial charge in [-0.2, -0.15) is 0 Å². The second-order valence-corrected chi connectivity index (χ2v) is 7.97. The van der Waals surface area contributed by atoms with Crippen molar-refractivity contribution in [3.8, 4) is 5.75 Å². The fourth-order valence-electron chi connectivity index (χ4n) is 4.00. The van der Waals surface area contributed by atoms with Gasteiger partial charge in [-0.1, -0.05) is 12.1 Å². The van der Waals surface area contributed by atoms with Crippen LogP contribution in [0.2, 0.25) is 0 Å². The molecule has 2 amide bonds. The molecule has 0 saturated carbocycles. The van der Waals surface area contributed by atoms with E-state index in [0.717, 1.165) is 64.3 Å². The summed E-state index contributed by atoms with van der Waals surface area (Å²) in [5, 5.41) is 3.05. The second kappa shape index (κ2) is 10.6. The summed E-state index contributed by atoms with van der Waals surface area (Å²) in [7, 11) is 1.65. The molecule has 0 aromatic heterocycles. The molecule has 2 aliphatic rings. The Kier molecular flexibility index (Phi) is 7.89. The molecular weight excluding hydrogens is 368 g/mol. The van der Waals surface area contributed by atoms with Crippen molar-refractivity contribution in [3.63, 3.8) is 0 Å². The highest BCUT2D eigenvalue weighted by Gasteiger charge is 2.27. The second-order valence-electron chi connectivity index (χ2n) is 7.97. The molecule has 0 aliphatic carbocycles. The molecule has 0 bridgehead atoms. The van der Waals surface area contributed by atoms with Crippen molar-refractivity contribution in [2.45, 2.75) is 32.2 Å². The Morgan fingerprint density at radius 1 is 1.03 bits per heavy atom. The van der Waals surface area contributed by atoms with E-state index >= 15 is 0 Å². The zero-order valence-corrected chi connectivity index (χ0v) is 17.7. The molecule has 0 spiro atoms. The number of nitrogens with one attached hydrogen (secondary N) is 1. The molecule has 2 aliphatic heterocycles. The van der Waals surface area contributed by atoms with Gasteiger partial charge in [0.25, 0.3) is 0 Å². The van der Waals surface area contributed by atoms with Crippen LogP contribution in [0.1, 0.15) is 25.3 Å². The van der Waals surface area contributed by atoms with Crippen LogP contribution >= 0.6 is 0 Å². The molecule has 1 aromatic carbocycles. The van der Waals surface area contributed by atoms with Crippen LogP contribution < -0.4 is 10.1 Å². The molecule has 2 fully saturated rings. The Balaban J connectivity index is 1.35. The summed E-state index contributed by atoms with van der Waals surface area (Å²) in [6, 6.07) is 7.78. The zero-order valence-electron chi connectivity index (χ0n) is 17.7. The number of carbonyl (C=O) groups excluding carboxylic acids is 2. The highest BCUT2D eigenvalue weighted by molar-refractivity contribution is 5.81. The van der Waals surface area contributed by atoms with Crippen molar-refractivity contribution in [2.24, 2.45) is 0 Å². The van der Waals surface area contributed by atoms with Crippen LogP contribution in [0.5, 0.6) is 5.75 Å². The first kappa shape index (κ1) is 21.6. The Hall–Kier alpha value is -2.12. The quantitative estimate of drug-likeness (QED) is 0.702. The number of likely N-dealkylation sites (tertiary alicyclic amines) is 1. The van der Waals surface area contributed by atoms with Gasteiger partial charge in [0.2, 0.25) is 11.8 Å². The minimum absolute atomic E-state index is 0.0695. The van der Waals surface area contributed by atoms with Gasteiger partial charge in [0.05, 0.1) is 19.7 Å². The first-order valence-corrected chi connectivity index (χ1v) is 10.7. The third kappa shape index (κ3) is 6.18. The number of carbonyl (C=O) groups is 2. The smallest absolute Gasteiger partial charge is 0.237 e. The minimum Gasteiger partial charge on any atom is -0.497 e. The molecule has 2 heterocycles. The SMILES string of the molecule is COc1ccc(CCNC(=O)C(C)N2CCN(CC(=O)N3CCCC3)CC2)cc1. The molecule has 160 valence electrons. The highest BCUT2D eigenvalue weighted by Crippen LogP contribution is 2.12. The number of ether oxygens (including phenoxy) is 1. The standard InChI is InChI=1S/C22H34N4O3/c1-18(22(28)23-10-9-19-5-7-20(29-2)8-6-19)25-15-13-24(14-16-25)17-21(27)26-11-3-4-12-26/h5-8,18H,3-4,9-17H2,1-2H3,(H,23,28). The van der Waals surface area contributed by atoms with Crippen LogP contribution in [0, 0.1) is 0 Å². The number of benzene rings is 1. The number of nitrogens with zero attached hydrogens (tertiary/aromatic N) is 3. The van der Waals surface area contributed by atoms with E-state index in [-0.39, 0.29) is 17.9 Å². The number of hydrogen-bond donors (Lipinski definition) is 1. The third-order valence-corrected chi connectivity index (χ3v) is 6.02. The van der Waals surface area contributed by atoms with Gasteiger partial charge in [0, 0.05) is 45.8 Å². The minimum atomic E-state index is -0.151. The van der Waals surface area contributed by atoms with Gasteiger partial charge >= 0.3 is 0 Å². The van der Waals surface area contributed by atoms with Crippen molar-refractivity contribution < 1.29 is 14.3 Å². The molecule has 29 heavy (non-hydrogen) atoms. The van der Waals surface area contributed by atoms with E-state index in [4.69, 9.17) is 4.74 Å². The topological polar surface area (TPSA) is 65.1 Å². The molecule has 1 N–H and O–H groups in total. The lowest BCUT2D eigenvalue weighted by Crippen LogP contribution is -2.55. The summed E-state index contributed by atoms with van der Waals surface area (Å²) in [6.07, 6.45) is 3.06. The summed E-state index contributed by atoms with van der Waals surface area (Å²) in [4.78, 5) is 31.2. The maximum Gasteiger partial charge on any atom is 0.237 e. The van der Waals surface area contributed by atoms with Crippen LogP contribution in [-0.2, 0) is 16.0 Å². The van der Waals surface area contributed by atoms with Gasteiger partial charge < -0.3 is 15.0 Å².